The van der Waals surface area contributed by atoms with Crippen LogP contribution in [0.1, 0.15) is 33.4 Å². The SMILES string of the molecule is CNC(=O)c1ccc([C@@H]2CCCN2C(=O)Cn2c(=O)oc3ccccc32)s1. The molecule has 4 rings (SSSR count). The van der Waals surface area contributed by atoms with Crippen LogP contribution in [0.5, 0.6) is 0 Å². The molecular formula is C19H19N3O4S. The number of carbonyl (C=O) groups excluding carboxylic acids is 2. The molecule has 7 nitrogen and oxygen atoms in total. The molecule has 0 radical (unpaired) electrons. The van der Waals surface area contributed by atoms with E-state index in [1.165, 1.54) is 15.9 Å². The Hall–Kier alpha value is -2.87. The molecule has 1 aliphatic rings. The lowest BCUT2D eigenvalue weighted by Gasteiger charge is -2.24. The van der Waals surface area contributed by atoms with Crippen LogP contribution in [0.3, 0.4) is 0 Å². The van der Waals surface area contributed by atoms with Crippen molar-refractivity contribution in [2.24, 2.45) is 0 Å². The van der Waals surface area contributed by atoms with Gasteiger partial charge in [-0.15, -0.1) is 11.3 Å². The van der Waals surface area contributed by atoms with Crippen molar-refractivity contribution < 1.29 is 14.0 Å². The number of oxazole rings is 1. The monoisotopic (exact) mass is 385 g/mol. The number of rotatable bonds is 4. The van der Waals surface area contributed by atoms with E-state index in [-0.39, 0.29) is 24.4 Å². The Morgan fingerprint density at radius 1 is 1.26 bits per heavy atom. The van der Waals surface area contributed by atoms with Crippen LogP contribution in [0.25, 0.3) is 11.1 Å². The fourth-order valence-electron chi connectivity index (χ4n) is 3.53. The summed E-state index contributed by atoms with van der Waals surface area (Å²) in [5, 5.41) is 2.61. The zero-order valence-corrected chi connectivity index (χ0v) is 15.6. The smallest absolute Gasteiger partial charge is 0.408 e. The highest BCUT2D eigenvalue weighted by molar-refractivity contribution is 7.14. The van der Waals surface area contributed by atoms with Crippen LogP contribution in [0.2, 0.25) is 0 Å². The van der Waals surface area contributed by atoms with Crippen molar-refractivity contribution >= 4 is 34.3 Å². The first kappa shape index (κ1) is 17.5. The third kappa shape index (κ3) is 3.16. The van der Waals surface area contributed by atoms with Crippen molar-refractivity contribution in [3.8, 4) is 0 Å². The molecule has 0 unspecified atom stereocenters. The first-order valence-corrected chi connectivity index (χ1v) is 9.60. The van der Waals surface area contributed by atoms with Crippen molar-refractivity contribution in [1.82, 2.24) is 14.8 Å². The van der Waals surface area contributed by atoms with Crippen molar-refractivity contribution in [3.63, 3.8) is 0 Å². The van der Waals surface area contributed by atoms with Crippen LogP contribution in [-0.2, 0) is 11.3 Å². The van der Waals surface area contributed by atoms with Gasteiger partial charge in [0.1, 0.15) is 6.54 Å². The zero-order valence-electron chi connectivity index (χ0n) is 14.8. The molecule has 8 heteroatoms. The van der Waals surface area contributed by atoms with E-state index < -0.39 is 5.76 Å². The van der Waals surface area contributed by atoms with Gasteiger partial charge >= 0.3 is 5.76 Å². The number of benzene rings is 1. The maximum absolute atomic E-state index is 12.9. The summed E-state index contributed by atoms with van der Waals surface area (Å²) in [6, 6.07) is 10.7. The molecule has 2 amide bonds. The van der Waals surface area contributed by atoms with E-state index in [2.05, 4.69) is 5.32 Å². The van der Waals surface area contributed by atoms with Crippen LogP contribution < -0.4 is 11.1 Å². The summed E-state index contributed by atoms with van der Waals surface area (Å²) in [6.45, 7) is 0.585. The Morgan fingerprint density at radius 3 is 2.89 bits per heavy atom. The van der Waals surface area contributed by atoms with Gasteiger partial charge in [0.15, 0.2) is 5.58 Å². The minimum absolute atomic E-state index is 0.0555. The van der Waals surface area contributed by atoms with Gasteiger partial charge in [-0.1, -0.05) is 12.1 Å². The van der Waals surface area contributed by atoms with E-state index in [0.717, 1.165) is 17.7 Å². The van der Waals surface area contributed by atoms with Crippen LogP contribution >= 0.6 is 11.3 Å². The van der Waals surface area contributed by atoms with Gasteiger partial charge in [0, 0.05) is 18.5 Å². The zero-order chi connectivity index (χ0) is 19.0. The number of aromatic nitrogens is 1. The molecule has 2 aromatic heterocycles. The molecule has 27 heavy (non-hydrogen) atoms. The summed E-state index contributed by atoms with van der Waals surface area (Å²) in [4.78, 5) is 40.3. The molecule has 0 aliphatic carbocycles. The van der Waals surface area contributed by atoms with Crippen LogP contribution in [0.15, 0.2) is 45.6 Å². The first-order valence-electron chi connectivity index (χ1n) is 8.78. The average molecular weight is 385 g/mol. The van der Waals surface area contributed by atoms with Gasteiger partial charge in [0.2, 0.25) is 5.91 Å². The number of nitrogens with zero attached hydrogens (tertiary/aromatic N) is 2. The lowest BCUT2D eigenvalue weighted by Crippen LogP contribution is -2.35. The van der Waals surface area contributed by atoms with Gasteiger partial charge in [-0.05, 0) is 37.1 Å². The summed E-state index contributed by atoms with van der Waals surface area (Å²) >= 11 is 1.40. The van der Waals surface area contributed by atoms with Crippen molar-refractivity contribution in [3.05, 3.63) is 56.7 Å². The molecule has 1 saturated heterocycles. The third-order valence-electron chi connectivity index (χ3n) is 4.85. The molecule has 3 heterocycles. The Bertz CT molecular complexity index is 1060. The average Bonchev–Trinajstić information content (AvgIpc) is 3.39. The van der Waals surface area contributed by atoms with E-state index in [1.54, 1.807) is 36.2 Å². The number of thiophene rings is 1. The van der Waals surface area contributed by atoms with Gasteiger partial charge in [-0.3, -0.25) is 14.2 Å². The Kier molecular flexibility index (Phi) is 4.57. The summed E-state index contributed by atoms with van der Waals surface area (Å²) in [6.07, 6.45) is 1.74. The molecule has 1 fully saturated rings. The molecule has 1 aromatic carbocycles. The number of fused-ring (bicyclic) bond motifs is 1. The van der Waals surface area contributed by atoms with Crippen molar-refractivity contribution in [2.45, 2.75) is 25.4 Å². The van der Waals surface area contributed by atoms with Gasteiger partial charge in [-0.25, -0.2) is 4.79 Å². The van der Waals surface area contributed by atoms with E-state index in [9.17, 15) is 14.4 Å². The normalized spacial score (nSPS) is 16.8. The number of carbonyl (C=O) groups is 2. The highest BCUT2D eigenvalue weighted by Crippen LogP contribution is 2.36. The van der Waals surface area contributed by atoms with Crippen molar-refractivity contribution in [2.75, 3.05) is 13.6 Å². The molecule has 1 aliphatic heterocycles. The highest BCUT2D eigenvalue weighted by Gasteiger charge is 2.32. The number of hydrogen-bond acceptors (Lipinski definition) is 5. The summed E-state index contributed by atoms with van der Waals surface area (Å²) in [5.74, 6) is -0.780. The Balaban J connectivity index is 1.57. The lowest BCUT2D eigenvalue weighted by molar-refractivity contribution is -0.132. The molecule has 0 bridgehead atoms. The molecule has 3 aromatic rings. The number of hydrogen-bond donors (Lipinski definition) is 1. The molecule has 1 atom stereocenters. The number of nitrogens with one attached hydrogen (secondary N) is 1. The van der Waals surface area contributed by atoms with Gasteiger partial charge in [0.05, 0.1) is 16.4 Å². The second-order valence-corrected chi connectivity index (χ2v) is 7.56. The molecule has 0 saturated carbocycles. The predicted molar refractivity (Wildman–Crippen MR) is 102 cm³/mol. The molecular weight excluding hydrogens is 366 g/mol. The number of para-hydroxylation sites is 2. The lowest BCUT2D eigenvalue weighted by atomic mass is 10.2. The fraction of sp³-hybridized carbons (Fsp3) is 0.316. The van der Waals surface area contributed by atoms with Crippen LogP contribution in [-0.4, -0.2) is 34.9 Å². The van der Waals surface area contributed by atoms with Gasteiger partial charge in [-0.2, -0.15) is 0 Å². The highest BCUT2D eigenvalue weighted by atomic mass is 32.1. The number of amides is 2. The number of likely N-dealkylation sites (tertiary alicyclic amines) is 1. The van der Waals surface area contributed by atoms with Crippen LogP contribution in [0, 0.1) is 0 Å². The maximum Gasteiger partial charge on any atom is 0.420 e. The van der Waals surface area contributed by atoms with E-state index in [1.807, 2.05) is 12.1 Å². The van der Waals surface area contributed by atoms with Crippen molar-refractivity contribution in [1.29, 1.82) is 0 Å². The second kappa shape index (κ2) is 7.03. The van der Waals surface area contributed by atoms with Gasteiger partial charge < -0.3 is 14.6 Å². The minimum Gasteiger partial charge on any atom is -0.408 e. The molecule has 140 valence electrons. The minimum atomic E-state index is -0.529. The second-order valence-electron chi connectivity index (χ2n) is 6.45. The van der Waals surface area contributed by atoms with E-state index >= 15 is 0 Å². The summed E-state index contributed by atoms with van der Waals surface area (Å²) in [5.41, 5.74) is 1.09. The topological polar surface area (TPSA) is 84.5 Å². The van der Waals surface area contributed by atoms with Crippen LogP contribution in [0.4, 0.5) is 0 Å². The maximum atomic E-state index is 12.9. The quantitative estimate of drug-likeness (QED) is 0.747. The Labute approximate surface area is 159 Å². The summed E-state index contributed by atoms with van der Waals surface area (Å²) < 4.78 is 6.58. The standard InChI is InChI=1S/C19H19N3O4S/c1-20-18(24)16-9-8-15(27-16)13-6-4-10-21(13)17(23)11-22-12-5-2-3-7-14(12)26-19(22)25/h2-3,5,7-9,13H,4,6,10-11H2,1H3,(H,20,24)/t13-/m0/s1. The third-order valence-corrected chi connectivity index (χ3v) is 6.03. The molecule has 0 spiro atoms. The largest absolute Gasteiger partial charge is 0.420 e. The predicted octanol–water partition coefficient (Wildman–Crippen LogP) is 2.38. The van der Waals surface area contributed by atoms with E-state index in [4.69, 9.17) is 4.42 Å². The first-order chi connectivity index (χ1) is 13.1. The Morgan fingerprint density at radius 2 is 2.07 bits per heavy atom. The van der Waals surface area contributed by atoms with Gasteiger partial charge in [0.25, 0.3) is 5.91 Å². The summed E-state index contributed by atoms with van der Waals surface area (Å²) in [7, 11) is 1.60. The fourth-order valence-corrected chi connectivity index (χ4v) is 4.63. The molecule has 1 N–H and O–H groups in total. The van der Waals surface area contributed by atoms with E-state index in [0.29, 0.717) is 22.5 Å².